The topological polar surface area (TPSA) is 75.3 Å². The summed E-state index contributed by atoms with van der Waals surface area (Å²) in [6.07, 6.45) is 0.145. The lowest BCUT2D eigenvalue weighted by Crippen LogP contribution is -2.41. The highest BCUT2D eigenvalue weighted by Gasteiger charge is 2.14. The second kappa shape index (κ2) is 7.69. The van der Waals surface area contributed by atoms with Gasteiger partial charge in [0.05, 0.1) is 0 Å². The average molecular weight is 330 g/mol. The molecule has 0 saturated carbocycles. The maximum Gasteiger partial charge on any atom is 0.269 e. The smallest absolute Gasteiger partial charge is 0.269 e. The summed E-state index contributed by atoms with van der Waals surface area (Å²) in [7, 11) is 0. The van der Waals surface area contributed by atoms with Crippen LogP contribution in [0.25, 0.3) is 0 Å². The highest BCUT2D eigenvalue weighted by Crippen LogP contribution is 2.22. The molecule has 1 aromatic carbocycles. The number of ketones is 1. The van der Waals surface area contributed by atoms with Crippen molar-refractivity contribution in [3.8, 4) is 0 Å². The molecule has 2 rings (SSSR count). The second-order valence-electron chi connectivity index (χ2n) is 5.12. The SMILES string of the molecule is Cc1cc(C(=O)CCC(=O)NNC(=O)c2ccccc2)c(C)s1. The van der Waals surface area contributed by atoms with E-state index in [1.165, 1.54) is 0 Å². The molecule has 0 aliphatic heterocycles. The zero-order chi connectivity index (χ0) is 16.8. The van der Waals surface area contributed by atoms with Gasteiger partial charge >= 0.3 is 0 Å². The first-order valence-corrected chi connectivity index (χ1v) is 8.03. The van der Waals surface area contributed by atoms with Crippen LogP contribution >= 0.6 is 11.3 Å². The molecule has 6 heteroatoms. The zero-order valence-electron chi connectivity index (χ0n) is 13.0. The van der Waals surface area contributed by atoms with Crippen molar-refractivity contribution in [3.63, 3.8) is 0 Å². The molecule has 0 bridgehead atoms. The van der Waals surface area contributed by atoms with E-state index in [4.69, 9.17) is 0 Å². The molecular formula is C17H18N2O3S. The Morgan fingerprint density at radius 1 is 1.00 bits per heavy atom. The van der Waals surface area contributed by atoms with Crippen LogP contribution in [0.3, 0.4) is 0 Å². The van der Waals surface area contributed by atoms with E-state index in [9.17, 15) is 14.4 Å². The minimum Gasteiger partial charge on any atom is -0.294 e. The van der Waals surface area contributed by atoms with Gasteiger partial charge < -0.3 is 0 Å². The van der Waals surface area contributed by atoms with Gasteiger partial charge in [-0.2, -0.15) is 0 Å². The molecule has 0 fully saturated rings. The van der Waals surface area contributed by atoms with E-state index < -0.39 is 11.8 Å². The van der Waals surface area contributed by atoms with Gasteiger partial charge in [0.2, 0.25) is 5.91 Å². The average Bonchev–Trinajstić information content (AvgIpc) is 2.89. The number of carbonyl (C=O) groups excluding carboxylic acids is 3. The highest BCUT2D eigenvalue weighted by molar-refractivity contribution is 7.12. The number of nitrogens with one attached hydrogen (secondary N) is 2. The molecule has 2 N–H and O–H groups in total. The van der Waals surface area contributed by atoms with E-state index >= 15 is 0 Å². The van der Waals surface area contributed by atoms with Crippen LogP contribution in [0.2, 0.25) is 0 Å². The lowest BCUT2D eigenvalue weighted by molar-refractivity contribution is -0.121. The predicted molar refractivity (Wildman–Crippen MR) is 89.4 cm³/mol. The van der Waals surface area contributed by atoms with E-state index in [0.29, 0.717) is 11.1 Å². The summed E-state index contributed by atoms with van der Waals surface area (Å²) < 4.78 is 0. The van der Waals surface area contributed by atoms with Gasteiger partial charge in [-0.1, -0.05) is 18.2 Å². The summed E-state index contributed by atoms with van der Waals surface area (Å²) in [5.41, 5.74) is 5.78. The first-order chi connectivity index (χ1) is 11.0. The number of Topliss-reactive ketones (excluding diaryl/α,β-unsaturated/α-hetero) is 1. The van der Waals surface area contributed by atoms with Crippen molar-refractivity contribution in [2.24, 2.45) is 0 Å². The number of benzene rings is 1. The molecule has 0 saturated heterocycles. The molecule has 1 aromatic heterocycles. The normalized spacial score (nSPS) is 10.2. The minimum atomic E-state index is -0.396. The standard InChI is InChI=1S/C17H18N2O3S/c1-11-10-14(12(2)23-11)15(20)8-9-16(21)18-19-17(22)13-6-4-3-5-7-13/h3-7,10H,8-9H2,1-2H3,(H,18,21)(H,19,22). The van der Waals surface area contributed by atoms with Crippen molar-refractivity contribution < 1.29 is 14.4 Å². The Bertz CT molecular complexity index is 723. The van der Waals surface area contributed by atoms with Crippen LogP contribution in [-0.2, 0) is 4.79 Å². The van der Waals surface area contributed by atoms with Crippen LogP contribution in [0.4, 0.5) is 0 Å². The molecule has 2 amide bonds. The molecule has 0 atom stereocenters. The fourth-order valence-electron chi connectivity index (χ4n) is 2.12. The van der Waals surface area contributed by atoms with E-state index in [1.807, 2.05) is 19.9 Å². The Morgan fingerprint density at radius 2 is 1.70 bits per heavy atom. The summed E-state index contributed by atoms with van der Waals surface area (Å²) in [6, 6.07) is 10.4. The van der Waals surface area contributed by atoms with Crippen LogP contribution in [0.5, 0.6) is 0 Å². The number of carbonyl (C=O) groups is 3. The van der Waals surface area contributed by atoms with Crippen LogP contribution in [-0.4, -0.2) is 17.6 Å². The molecule has 0 spiro atoms. The Morgan fingerprint density at radius 3 is 2.30 bits per heavy atom. The monoisotopic (exact) mass is 330 g/mol. The number of rotatable bonds is 5. The van der Waals surface area contributed by atoms with Crippen molar-refractivity contribution in [1.29, 1.82) is 0 Å². The van der Waals surface area contributed by atoms with E-state index in [-0.39, 0.29) is 18.6 Å². The third-order valence-electron chi connectivity index (χ3n) is 3.27. The number of hydrogen-bond acceptors (Lipinski definition) is 4. The highest BCUT2D eigenvalue weighted by atomic mass is 32.1. The molecule has 1 heterocycles. The summed E-state index contributed by atoms with van der Waals surface area (Å²) in [5, 5.41) is 0. The van der Waals surface area contributed by atoms with Gasteiger partial charge in [-0.3, -0.25) is 25.2 Å². The van der Waals surface area contributed by atoms with Gasteiger partial charge in [0.1, 0.15) is 0 Å². The third-order valence-corrected chi connectivity index (χ3v) is 4.24. The lowest BCUT2D eigenvalue weighted by Gasteiger charge is -2.07. The van der Waals surface area contributed by atoms with Gasteiger partial charge in [-0.15, -0.1) is 11.3 Å². The fraction of sp³-hybridized carbons (Fsp3) is 0.235. The number of hydrazine groups is 1. The van der Waals surface area contributed by atoms with Crippen LogP contribution < -0.4 is 10.9 Å². The predicted octanol–water partition coefficient (Wildman–Crippen LogP) is 2.79. The van der Waals surface area contributed by atoms with E-state index in [0.717, 1.165) is 9.75 Å². The van der Waals surface area contributed by atoms with Crippen molar-refractivity contribution in [1.82, 2.24) is 10.9 Å². The Balaban J connectivity index is 1.78. The van der Waals surface area contributed by atoms with Gasteiger partial charge in [0, 0.05) is 33.7 Å². The molecular weight excluding hydrogens is 312 g/mol. The van der Waals surface area contributed by atoms with Crippen LogP contribution in [0.15, 0.2) is 36.4 Å². The summed E-state index contributed by atoms with van der Waals surface area (Å²) in [4.78, 5) is 37.6. The maximum absolute atomic E-state index is 12.1. The summed E-state index contributed by atoms with van der Waals surface area (Å²) in [6.45, 7) is 3.84. The van der Waals surface area contributed by atoms with E-state index in [2.05, 4.69) is 10.9 Å². The third kappa shape index (κ3) is 4.75. The molecule has 23 heavy (non-hydrogen) atoms. The molecule has 5 nitrogen and oxygen atoms in total. The maximum atomic E-state index is 12.1. The first kappa shape index (κ1) is 16.9. The number of hydrogen-bond donors (Lipinski definition) is 2. The van der Waals surface area contributed by atoms with Crippen molar-refractivity contribution in [2.45, 2.75) is 26.7 Å². The Hall–Kier alpha value is -2.47. The summed E-state index contributed by atoms with van der Waals surface area (Å²) >= 11 is 1.57. The summed E-state index contributed by atoms with van der Waals surface area (Å²) in [5.74, 6) is -0.849. The van der Waals surface area contributed by atoms with Crippen LogP contribution in [0, 0.1) is 13.8 Å². The van der Waals surface area contributed by atoms with Gasteiger partial charge in [0.25, 0.3) is 5.91 Å². The molecule has 0 aliphatic carbocycles. The fourth-order valence-corrected chi connectivity index (χ4v) is 3.06. The largest absolute Gasteiger partial charge is 0.294 e. The Labute approximate surface area is 138 Å². The Kier molecular flexibility index (Phi) is 5.65. The number of thiophene rings is 1. The van der Waals surface area contributed by atoms with Gasteiger partial charge in [0.15, 0.2) is 5.78 Å². The van der Waals surface area contributed by atoms with Gasteiger partial charge in [-0.05, 0) is 32.0 Å². The quantitative estimate of drug-likeness (QED) is 0.654. The molecule has 2 aromatic rings. The van der Waals surface area contributed by atoms with Crippen molar-refractivity contribution in [3.05, 3.63) is 57.3 Å². The lowest BCUT2D eigenvalue weighted by atomic mass is 10.1. The molecule has 0 radical (unpaired) electrons. The first-order valence-electron chi connectivity index (χ1n) is 7.22. The molecule has 0 unspecified atom stereocenters. The van der Waals surface area contributed by atoms with E-state index in [1.54, 1.807) is 41.7 Å². The zero-order valence-corrected chi connectivity index (χ0v) is 13.8. The van der Waals surface area contributed by atoms with Gasteiger partial charge in [-0.25, -0.2) is 0 Å². The minimum absolute atomic E-state index is 0.0300. The second-order valence-corrected chi connectivity index (χ2v) is 6.58. The molecule has 0 aliphatic rings. The van der Waals surface area contributed by atoms with Crippen molar-refractivity contribution in [2.75, 3.05) is 0 Å². The van der Waals surface area contributed by atoms with Crippen molar-refractivity contribution >= 4 is 28.9 Å². The van der Waals surface area contributed by atoms with Crippen LogP contribution in [0.1, 0.15) is 43.3 Å². The number of amides is 2. The molecule has 120 valence electrons. The number of aryl methyl sites for hydroxylation is 2.